The van der Waals surface area contributed by atoms with Crippen LogP contribution < -0.4 is 4.74 Å². The minimum Gasteiger partial charge on any atom is -0.496 e. The van der Waals surface area contributed by atoms with E-state index in [-0.39, 0.29) is 12.1 Å². The highest BCUT2D eigenvalue weighted by molar-refractivity contribution is 5.92. The fourth-order valence-corrected chi connectivity index (χ4v) is 3.34. The van der Waals surface area contributed by atoms with Crippen LogP contribution in [0.25, 0.3) is 0 Å². The lowest BCUT2D eigenvalue weighted by Gasteiger charge is -2.38. The van der Waals surface area contributed by atoms with Crippen molar-refractivity contribution in [1.29, 1.82) is 0 Å². The van der Waals surface area contributed by atoms with Crippen LogP contribution in [0.15, 0.2) is 24.3 Å². The van der Waals surface area contributed by atoms with Crippen molar-refractivity contribution < 1.29 is 14.3 Å². The minimum absolute atomic E-state index is 0.0222. The largest absolute Gasteiger partial charge is 0.496 e. The monoisotopic (exact) mass is 305 g/mol. The first kappa shape index (κ1) is 16.8. The molecule has 1 aliphatic rings. The van der Waals surface area contributed by atoms with E-state index < -0.39 is 0 Å². The highest BCUT2D eigenvalue weighted by atomic mass is 16.5. The zero-order chi connectivity index (χ0) is 15.9. The summed E-state index contributed by atoms with van der Waals surface area (Å²) in [4.78, 5) is 14.9. The molecule has 0 aliphatic heterocycles. The number of ether oxygens (including phenoxy) is 2. The quantitative estimate of drug-likeness (QED) is 0.754. The van der Waals surface area contributed by atoms with E-state index in [0.29, 0.717) is 17.4 Å². The van der Waals surface area contributed by atoms with Gasteiger partial charge in [0, 0.05) is 6.04 Å². The summed E-state index contributed by atoms with van der Waals surface area (Å²) in [7, 11) is 1.57. The van der Waals surface area contributed by atoms with Crippen LogP contribution in [0.3, 0.4) is 0 Å². The van der Waals surface area contributed by atoms with Gasteiger partial charge in [-0.1, -0.05) is 32.4 Å². The highest BCUT2D eigenvalue weighted by Crippen LogP contribution is 2.27. The molecule has 0 unspecified atom stereocenters. The number of rotatable bonds is 6. The van der Waals surface area contributed by atoms with Gasteiger partial charge in [-0.05, 0) is 44.5 Å². The third-order valence-corrected chi connectivity index (χ3v) is 4.53. The molecule has 122 valence electrons. The van der Waals surface area contributed by atoms with Crippen LogP contribution >= 0.6 is 0 Å². The minimum atomic E-state index is -0.276. The molecule has 1 aromatic rings. The lowest BCUT2D eigenvalue weighted by molar-refractivity contribution is -0.0157. The van der Waals surface area contributed by atoms with E-state index in [1.165, 1.54) is 6.42 Å². The van der Waals surface area contributed by atoms with E-state index >= 15 is 0 Å². The average Bonchev–Trinajstić information content (AvgIpc) is 2.57. The van der Waals surface area contributed by atoms with Crippen LogP contribution in [-0.4, -0.2) is 43.2 Å². The van der Waals surface area contributed by atoms with Gasteiger partial charge in [-0.15, -0.1) is 0 Å². The molecule has 2 rings (SSSR count). The Labute approximate surface area is 133 Å². The summed E-state index contributed by atoms with van der Waals surface area (Å²) in [6.45, 7) is 6.31. The molecule has 0 heterocycles. The van der Waals surface area contributed by atoms with Gasteiger partial charge in [-0.3, -0.25) is 4.90 Å². The van der Waals surface area contributed by atoms with Crippen LogP contribution in [0, 0.1) is 0 Å². The van der Waals surface area contributed by atoms with Crippen molar-refractivity contribution in [3.63, 3.8) is 0 Å². The zero-order valence-electron chi connectivity index (χ0n) is 13.9. The molecule has 0 spiro atoms. The maximum absolute atomic E-state index is 12.5. The van der Waals surface area contributed by atoms with Crippen molar-refractivity contribution >= 4 is 5.97 Å². The second kappa shape index (κ2) is 8.18. The molecular formula is C18H27NO3. The van der Waals surface area contributed by atoms with Crippen LogP contribution in [-0.2, 0) is 4.74 Å². The Hall–Kier alpha value is -1.55. The third kappa shape index (κ3) is 3.80. The molecule has 0 amide bonds. The van der Waals surface area contributed by atoms with Crippen molar-refractivity contribution in [2.75, 3.05) is 20.2 Å². The zero-order valence-corrected chi connectivity index (χ0v) is 13.9. The Bertz CT molecular complexity index is 485. The Kier molecular flexibility index (Phi) is 6.25. The molecule has 1 aliphatic carbocycles. The molecule has 0 N–H and O–H groups in total. The van der Waals surface area contributed by atoms with Gasteiger partial charge in [0.15, 0.2) is 0 Å². The maximum atomic E-state index is 12.5. The highest BCUT2D eigenvalue weighted by Gasteiger charge is 2.32. The first-order valence-electron chi connectivity index (χ1n) is 8.29. The summed E-state index contributed by atoms with van der Waals surface area (Å²) in [6, 6.07) is 7.58. The van der Waals surface area contributed by atoms with Crippen molar-refractivity contribution in [3.8, 4) is 5.75 Å². The normalized spacial score (nSPS) is 21.6. The number of hydrogen-bond donors (Lipinski definition) is 0. The van der Waals surface area contributed by atoms with Crippen LogP contribution in [0.1, 0.15) is 49.9 Å². The Morgan fingerprint density at radius 2 is 1.86 bits per heavy atom. The molecule has 0 saturated heterocycles. The van der Waals surface area contributed by atoms with Gasteiger partial charge in [-0.25, -0.2) is 4.79 Å². The first-order valence-corrected chi connectivity index (χ1v) is 8.29. The Morgan fingerprint density at radius 3 is 2.55 bits per heavy atom. The van der Waals surface area contributed by atoms with Gasteiger partial charge < -0.3 is 9.47 Å². The number of carbonyl (C=O) groups excluding carboxylic acids is 1. The smallest absolute Gasteiger partial charge is 0.342 e. The summed E-state index contributed by atoms with van der Waals surface area (Å²) in [6.07, 6.45) is 4.37. The standard InChI is InChI=1S/C18H27NO3/c1-4-19(5-2)15-11-7-9-13-17(15)22-18(20)14-10-6-8-12-16(14)21-3/h6,8,10,12,15,17H,4-5,7,9,11,13H2,1-3H3/t15-,17-/m1/s1. The van der Waals surface area contributed by atoms with E-state index in [2.05, 4.69) is 18.7 Å². The van der Waals surface area contributed by atoms with E-state index in [9.17, 15) is 4.79 Å². The summed E-state index contributed by atoms with van der Waals surface area (Å²) in [5.41, 5.74) is 0.508. The predicted octanol–water partition coefficient (Wildman–Crippen LogP) is 3.51. The van der Waals surface area contributed by atoms with E-state index in [4.69, 9.17) is 9.47 Å². The molecule has 1 saturated carbocycles. The molecular weight excluding hydrogens is 278 g/mol. The fraction of sp³-hybridized carbons (Fsp3) is 0.611. The lowest BCUT2D eigenvalue weighted by atomic mass is 9.91. The predicted molar refractivity (Wildman–Crippen MR) is 87.4 cm³/mol. The second-order valence-electron chi connectivity index (χ2n) is 5.72. The van der Waals surface area contributed by atoms with Gasteiger partial charge in [0.25, 0.3) is 0 Å². The molecule has 0 bridgehead atoms. The van der Waals surface area contributed by atoms with Crippen LogP contribution in [0.4, 0.5) is 0 Å². The Balaban J connectivity index is 2.11. The SMILES string of the molecule is CCN(CC)[C@@H]1CCCC[C@H]1OC(=O)c1ccccc1OC. The number of esters is 1. The number of benzene rings is 1. The topological polar surface area (TPSA) is 38.8 Å². The van der Waals surface area contributed by atoms with Crippen LogP contribution in [0.2, 0.25) is 0 Å². The molecule has 1 fully saturated rings. The van der Waals surface area contributed by atoms with Gasteiger partial charge in [0.1, 0.15) is 17.4 Å². The van der Waals surface area contributed by atoms with Crippen LogP contribution in [0.5, 0.6) is 5.75 Å². The average molecular weight is 305 g/mol. The second-order valence-corrected chi connectivity index (χ2v) is 5.72. The lowest BCUT2D eigenvalue weighted by Crippen LogP contribution is -2.47. The van der Waals surface area contributed by atoms with Crippen molar-refractivity contribution in [1.82, 2.24) is 4.90 Å². The van der Waals surface area contributed by atoms with Gasteiger partial charge >= 0.3 is 5.97 Å². The fourth-order valence-electron chi connectivity index (χ4n) is 3.34. The molecule has 4 heteroatoms. The molecule has 22 heavy (non-hydrogen) atoms. The van der Waals surface area contributed by atoms with Gasteiger partial charge in [-0.2, -0.15) is 0 Å². The summed E-state index contributed by atoms with van der Waals surface area (Å²) >= 11 is 0. The van der Waals surface area contributed by atoms with E-state index in [1.54, 1.807) is 19.2 Å². The molecule has 0 aromatic heterocycles. The molecule has 4 nitrogen and oxygen atoms in total. The third-order valence-electron chi connectivity index (χ3n) is 4.53. The number of methoxy groups -OCH3 is 1. The van der Waals surface area contributed by atoms with Crippen molar-refractivity contribution in [2.24, 2.45) is 0 Å². The first-order chi connectivity index (χ1) is 10.7. The summed E-state index contributed by atoms with van der Waals surface area (Å²) in [5, 5.41) is 0. The molecule has 2 atom stereocenters. The molecule has 1 aromatic carbocycles. The maximum Gasteiger partial charge on any atom is 0.342 e. The van der Waals surface area contributed by atoms with Crippen molar-refractivity contribution in [2.45, 2.75) is 51.7 Å². The van der Waals surface area contributed by atoms with Gasteiger partial charge in [0.2, 0.25) is 0 Å². The molecule has 0 radical (unpaired) electrons. The Morgan fingerprint density at radius 1 is 1.18 bits per heavy atom. The number of para-hydroxylation sites is 1. The number of carbonyl (C=O) groups is 1. The van der Waals surface area contributed by atoms with E-state index in [1.807, 2.05) is 12.1 Å². The summed E-state index contributed by atoms with van der Waals surface area (Å²) in [5.74, 6) is 0.296. The van der Waals surface area contributed by atoms with Crippen molar-refractivity contribution in [3.05, 3.63) is 29.8 Å². The van der Waals surface area contributed by atoms with Gasteiger partial charge in [0.05, 0.1) is 7.11 Å². The number of likely N-dealkylation sites (N-methyl/N-ethyl adjacent to an activating group) is 1. The number of hydrogen-bond acceptors (Lipinski definition) is 4. The van der Waals surface area contributed by atoms with E-state index in [0.717, 1.165) is 32.4 Å². The summed E-state index contributed by atoms with van der Waals surface area (Å²) < 4.78 is 11.1. The number of nitrogens with zero attached hydrogens (tertiary/aromatic N) is 1.